The number of rotatable bonds is 7. The molecular formula is C19H24N2O. The average Bonchev–Trinajstić information content (AvgIpc) is 2.54. The van der Waals surface area contributed by atoms with Crippen molar-refractivity contribution in [2.24, 2.45) is 5.92 Å². The van der Waals surface area contributed by atoms with Crippen LogP contribution >= 0.6 is 0 Å². The Labute approximate surface area is 132 Å². The number of amides is 1. The predicted molar refractivity (Wildman–Crippen MR) is 89.3 cm³/mol. The highest BCUT2D eigenvalue weighted by molar-refractivity contribution is 5.76. The van der Waals surface area contributed by atoms with Gasteiger partial charge in [0.05, 0.1) is 6.04 Å². The van der Waals surface area contributed by atoms with Crippen molar-refractivity contribution >= 4 is 5.91 Å². The van der Waals surface area contributed by atoms with Crippen molar-refractivity contribution in [2.45, 2.75) is 39.2 Å². The van der Waals surface area contributed by atoms with Crippen molar-refractivity contribution in [3.05, 3.63) is 66.0 Å². The molecule has 3 heteroatoms. The minimum Gasteiger partial charge on any atom is -0.349 e. The van der Waals surface area contributed by atoms with Gasteiger partial charge in [-0.25, -0.2) is 0 Å². The van der Waals surface area contributed by atoms with Crippen molar-refractivity contribution in [3.8, 4) is 0 Å². The van der Waals surface area contributed by atoms with Gasteiger partial charge in [-0.05, 0) is 36.0 Å². The Kier molecular flexibility index (Phi) is 6.13. The highest BCUT2D eigenvalue weighted by Gasteiger charge is 2.15. The van der Waals surface area contributed by atoms with E-state index in [4.69, 9.17) is 0 Å². The summed E-state index contributed by atoms with van der Waals surface area (Å²) in [6.07, 6.45) is 5.73. The molecule has 0 saturated carbocycles. The molecule has 0 aliphatic heterocycles. The minimum atomic E-state index is 0.0857. The fourth-order valence-corrected chi connectivity index (χ4v) is 2.51. The van der Waals surface area contributed by atoms with Crippen LogP contribution in [0.2, 0.25) is 0 Å². The van der Waals surface area contributed by atoms with E-state index in [1.807, 2.05) is 36.5 Å². The Balaban J connectivity index is 1.93. The molecule has 3 nitrogen and oxygen atoms in total. The van der Waals surface area contributed by atoms with Crippen LogP contribution in [0.25, 0.3) is 0 Å². The summed E-state index contributed by atoms with van der Waals surface area (Å²) in [5, 5.41) is 3.18. The van der Waals surface area contributed by atoms with E-state index in [1.165, 1.54) is 5.56 Å². The Hall–Kier alpha value is -2.16. The highest BCUT2D eigenvalue weighted by atomic mass is 16.1. The van der Waals surface area contributed by atoms with Gasteiger partial charge in [0.1, 0.15) is 0 Å². The van der Waals surface area contributed by atoms with Gasteiger partial charge in [-0.3, -0.25) is 9.78 Å². The van der Waals surface area contributed by atoms with Crippen LogP contribution in [0.4, 0.5) is 0 Å². The van der Waals surface area contributed by atoms with Crippen molar-refractivity contribution in [3.63, 3.8) is 0 Å². The molecule has 0 aliphatic rings. The van der Waals surface area contributed by atoms with Crippen LogP contribution in [-0.4, -0.2) is 10.9 Å². The van der Waals surface area contributed by atoms with E-state index >= 15 is 0 Å². The molecule has 22 heavy (non-hydrogen) atoms. The first kappa shape index (κ1) is 16.2. The largest absolute Gasteiger partial charge is 0.349 e. The molecular weight excluding hydrogens is 272 g/mol. The molecule has 116 valence electrons. The molecule has 1 unspecified atom stereocenters. The van der Waals surface area contributed by atoms with Gasteiger partial charge in [-0.15, -0.1) is 0 Å². The lowest BCUT2D eigenvalue weighted by atomic mass is 9.96. The molecule has 0 aliphatic carbocycles. The number of hydrogen-bond donors (Lipinski definition) is 1. The number of aromatic nitrogens is 1. The number of benzene rings is 1. The Morgan fingerprint density at radius 1 is 1.14 bits per heavy atom. The van der Waals surface area contributed by atoms with E-state index in [1.54, 1.807) is 6.20 Å². The van der Waals surface area contributed by atoms with E-state index in [0.29, 0.717) is 12.3 Å². The summed E-state index contributed by atoms with van der Waals surface area (Å²) in [5.41, 5.74) is 2.27. The number of pyridine rings is 1. The first-order valence-corrected chi connectivity index (χ1v) is 7.88. The van der Waals surface area contributed by atoms with Crippen LogP contribution in [0.15, 0.2) is 54.9 Å². The monoisotopic (exact) mass is 296 g/mol. The van der Waals surface area contributed by atoms with Crippen LogP contribution in [0.5, 0.6) is 0 Å². The highest BCUT2D eigenvalue weighted by Crippen LogP contribution is 2.21. The zero-order chi connectivity index (χ0) is 15.8. The third-order valence-electron chi connectivity index (χ3n) is 3.61. The first-order valence-electron chi connectivity index (χ1n) is 7.88. The maximum Gasteiger partial charge on any atom is 0.220 e. The number of carbonyl (C=O) groups is 1. The molecule has 0 spiro atoms. The van der Waals surface area contributed by atoms with Gasteiger partial charge >= 0.3 is 0 Å². The molecule has 0 radical (unpaired) electrons. The van der Waals surface area contributed by atoms with Crippen LogP contribution < -0.4 is 5.32 Å². The number of nitrogens with one attached hydrogen (secondary N) is 1. The predicted octanol–water partition coefficient (Wildman–Crippen LogP) is 3.92. The van der Waals surface area contributed by atoms with E-state index in [0.717, 1.165) is 18.4 Å². The second kappa shape index (κ2) is 8.32. The van der Waals surface area contributed by atoms with Crippen molar-refractivity contribution in [2.75, 3.05) is 0 Å². The van der Waals surface area contributed by atoms with E-state index in [9.17, 15) is 4.79 Å². The average molecular weight is 296 g/mol. The molecule has 1 aromatic carbocycles. The standard InChI is InChI=1S/C19H24N2O/c1-15(2)13-18(17-8-4-3-5-9-17)21-19(22)11-10-16-7-6-12-20-14-16/h3-9,12,14-15,18H,10-11,13H2,1-2H3,(H,21,22). The topological polar surface area (TPSA) is 42.0 Å². The molecule has 1 atom stereocenters. The zero-order valence-corrected chi connectivity index (χ0v) is 13.3. The number of nitrogens with zero attached hydrogens (tertiary/aromatic N) is 1. The van der Waals surface area contributed by atoms with E-state index in [-0.39, 0.29) is 11.9 Å². The Bertz CT molecular complexity index is 567. The van der Waals surface area contributed by atoms with Gasteiger partial charge < -0.3 is 5.32 Å². The fraction of sp³-hybridized carbons (Fsp3) is 0.368. The van der Waals surface area contributed by atoms with Crippen molar-refractivity contribution in [1.82, 2.24) is 10.3 Å². The van der Waals surface area contributed by atoms with Gasteiger partial charge in [0.2, 0.25) is 5.91 Å². The van der Waals surface area contributed by atoms with Crippen molar-refractivity contribution in [1.29, 1.82) is 0 Å². The Morgan fingerprint density at radius 2 is 1.91 bits per heavy atom. The van der Waals surface area contributed by atoms with Gasteiger partial charge in [0, 0.05) is 18.8 Å². The molecule has 2 rings (SSSR count). The molecule has 1 aromatic heterocycles. The van der Waals surface area contributed by atoms with E-state index in [2.05, 4.69) is 36.3 Å². The first-order chi connectivity index (χ1) is 10.6. The van der Waals surface area contributed by atoms with Crippen LogP contribution in [0.1, 0.15) is 43.9 Å². The molecule has 0 bridgehead atoms. The van der Waals surface area contributed by atoms with Crippen LogP contribution in [0.3, 0.4) is 0 Å². The summed E-state index contributed by atoms with van der Waals surface area (Å²) in [6.45, 7) is 4.36. The van der Waals surface area contributed by atoms with Gasteiger partial charge in [0.15, 0.2) is 0 Å². The second-order valence-corrected chi connectivity index (χ2v) is 6.02. The van der Waals surface area contributed by atoms with Gasteiger partial charge in [-0.2, -0.15) is 0 Å². The summed E-state index contributed by atoms with van der Waals surface area (Å²) < 4.78 is 0. The summed E-state index contributed by atoms with van der Waals surface area (Å²) in [4.78, 5) is 16.3. The Morgan fingerprint density at radius 3 is 2.55 bits per heavy atom. The molecule has 1 N–H and O–H groups in total. The van der Waals surface area contributed by atoms with Crippen LogP contribution in [0, 0.1) is 5.92 Å². The van der Waals surface area contributed by atoms with Crippen molar-refractivity contribution < 1.29 is 4.79 Å². The second-order valence-electron chi connectivity index (χ2n) is 6.02. The summed E-state index contributed by atoms with van der Waals surface area (Å²) in [5.74, 6) is 0.627. The van der Waals surface area contributed by atoms with E-state index < -0.39 is 0 Å². The van der Waals surface area contributed by atoms with Gasteiger partial charge in [-0.1, -0.05) is 50.2 Å². The fourth-order valence-electron chi connectivity index (χ4n) is 2.51. The lowest BCUT2D eigenvalue weighted by Crippen LogP contribution is -2.29. The minimum absolute atomic E-state index is 0.0857. The lowest BCUT2D eigenvalue weighted by molar-refractivity contribution is -0.121. The molecule has 0 fully saturated rings. The normalized spacial score (nSPS) is 12.1. The molecule has 1 heterocycles. The molecule has 0 saturated heterocycles. The summed E-state index contributed by atoms with van der Waals surface area (Å²) in [7, 11) is 0. The quantitative estimate of drug-likeness (QED) is 0.841. The zero-order valence-electron chi connectivity index (χ0n) is 13.3. The number of aryl methyl sites for hydroxylation is 1. The lowest BCUT2D eigenvalue weighted by Gasteiger charge is -2.21. The molecule has 1 amide bonds. The maximum absolute atomic E-state index is 12.3. The van der Waals surface area contributed by atoms with Crippen LogP contribution in [-0.2, 0) is 11.2 Å². The molecule has 2 aromatic rings. The summed E-state index contributed by atoms with van der Waals surface area (Å²) >= 11 is 0. The smallest absolute Gasteiger partial charge is 0.220 e. The summed E-state index contributed by atoms with van der Waals surface area (Å²) in [6, 6.07) is 14.2. The number of hydrogen-bond acceptors (Lipinski definition) is 2. The maximum atomic E-state index is 12.3. The number of carbonyl (C=O) groups excluding carboxylic acids is 1. The third-order valence-corrected chi connectivity index (χ3v) is 3.61. The van der Waals surface area contributed by atoms with Gasteiger partial charge in [0.25, 0.3) is 0 Å². The SMILES string of the molecule is CC(C)CC(NC(=O)CCc1cccnc1)c1ccccc1. The third kappa shape index (κ3) is 5.32.